The predicted octanol–water partition coefficient (Wildman–Crippen LogP) is 2.43. The van der Waals surface area contributed by atoms with Crippen molar-refractivity contribution in [3.05, 3.63) is 28.1 Å². The predicted molar refractivity (Wildman–Crippen MR) is 118 cm³/mol. The lowest BCUT2D eigenvalue weighted by Crippen LogP contribution is -2.36. The average molecular weight is 465 g/mol. The Hall–Kier alpha value is -3.41. The third kappa shape index (κ3) is 3.73. The van der Waals surface area contributed by atoms with Crippen LogP contribution in [0.4, 0.5) is 25.0 Å². The topological polar surface area (TPSA) is 145 Å². The molecular weight excluding hydrogens is 440 g/mol. The molecule has 0 bridgehead atoms. The molecule has 1 aromatic carbocycles. The summed E-state index contributed by atoms with van der Waals surface area (Å²) < 4.78 is 37.4. The van der Waals surface area contributed by atoms with Crippen LogP contribution in [0.3, 0.4) is 0 Å². The van der Waals surface area contributed by atoms with Crippen LogP contribution in [0.5, 0.6) is 5.75 Å². The Morgan fingerprint density at radius 2 is 2.06 bits per heavy atom. The highest BCUT2D eigenvalue weighted by Gasteiger charge is 2.43. The molecule has 33 heavy (non-hydrogen) atoms. The molecule has 1 saturated heterocycles. The zero-order valence-corrected chi connectivity index (χ0v) is 18.2. The molecule has 12 heteroatoms. The number of nitrogens with zero attached hydrogens (tertiary/aromatic N) is 3. The molecule has 0 radical (unpaired) electrons. The van der Waals surface area contributed by atoms with E-state index in [0.29, 0.717) is 25.2 Å². The average Bonchev–Trinajstić information content (AvgIpc) is 3.55. The van der Waals surface area contributed by atoms with Crippen molar-refractivity contribution in [3.8, 4) is 5.75 Å². The van der Waals surface area contributed by atoms with Gasteiger partial charge in [-0.1, -0.05) is 12.1 Å². The molecule has 2 heterocycles. The maximum atomic E-state index is 16.0. The number of oxime groups is 1. The smallest absolute Gasteiger partial charge is 0.449 e. The van der Waals surface area contributed by atoms with Crippen molar-refractivity contribution in [2.24, 2.45) is 16.3 Å². The zero-order valence-electron chi connectivity index (χ0n) is 18.2. The summed E-state index contributed by atoms with van der Waals surface area (Å²) in [5.74, 6) is -2.66. The Balaban J connectivity index is 1.94. The van der Waals surface area contributed by atoms with Crippen molar-refractivity contribution in [3.63, 3.8) is 0 Å². The number of ether oxygens (including phenoxy) is 1. The van der Waals surface area contributed by atoms with Crippen LogP contribution in [0.15, 0.2) is 16.1 Å². The summed E-state index contributed by atoms with van der Waals surface area (Å²) in [6, 6.07) is -0.195. The summed E-state index contributed by atoms with van der Waals surface area (Å²) >= 11 is 0. The Morgan fingerprint density at radius 3 is 2.64 bits per heavy atom. The molecule has 2 aliphatic rings. The molecule has 2 fully saturated rings. The van der Waals surface area contributed by atoms with E-state index in [1.165, 1.54) is 9.47 Å². The fourth-order valence-electron chi connectivity index (χ4n) is 4.18. The van der Waals surface area contributed by atoms with Gasteiger partial charge in [-0.15, -0.1) is 0 Å². The van der Waals surface area contributed by atoms with E-state index in [4.69, 9.17) is 21.4 Å². The van der Waals surface area contributed by atoms with E-state index in [1.807, 2.05) is 6.92 Å². The zero-order chi connectivity index (χ0) is 24.1. The number of carboxylic acid groups (broad SMARTS) is 1. The standard InChI is InChI=1S/C21H25F2N5O5/c1-3-32-26-12-7-27(9-21(12,2)8-24)18-14(22)16(25)13-17(15(18)23)28(10-4-5-10)6-11(19(13)29)33-20(30)31/h6,10H,3-5,7-9,24-25H2,1-2H3,(H,30,31)/b26-12+. The van der Waals surface area contributed by atoms with Crippen molar-refractivity contribution in [1.29, 1.82) is 0 Å². The number of halogens is 2. The van der Waals surface area contributed by atoms with Gasteiger partial charge in [0.25, 0.3) is 0 Å². The molecule has 0 spiro atoms. The number of anilines is 2. The van der Waals surface area contributed by atoms with Crippen molar-refractivity contribution in [2.75, 3.05) is 36.9 Å². The van der Waals surface area contributed by atoms with E-state index < -0.39 is 51.1 Å². The normalized spacial score (nSPS) is 21.7. The first-order chi connectivity index (χ1) is 15.6. The van der Waals surface area contributed by atoms with Gasteiger partial charge in [0.05, 0.1) is 35.0 Å². The maximum absolute atomic E-state index is 16.0. The number of nitrogens with two attached hydrogens (primary N) is 2. The molecule has 1 saturated carbocycles. The minimum atomic E-state index is -1.72. The van der Waals surface area contributed by atoms with Gasteiger partial charge in [0.2, 0.25) is 5.43 Å². The Morgan fingerprint density at radius 1 is 1.36 bits per heavy atom. The number of nitrogen functional groups attached to an aromatic ring is 1. The number of carbonyl (C=O) groups is 1. The molecule has 4 rings (SSSR count). The molecule has 178 valence electrons. The van der Waals surface area contributed by atoms with Gasteiger partial charge in [-0.3, -0.25) is 4.79 Å². The fraction of sp³-hybridized carbons (Fsp3) is 0.476. The van der Waals surface area contributed by atoms with Gasteiger partial charge in [-0.25, -0.2) is 13.6 Å². The van der Waals surface area contributed by atoms with Crippen LogP contribution in [0.1, 0.15) is 32.7 Å². The number of fused-ring (bicyclic) bond motifs is 1. The minimum absolute atomic E-state index is 0.0559. The van der Waals surface area contributed by atoms with Gasteiger partial charge < -0.3 is 35.6 Å². The fourth-order valence-corrected chi connectivity index (χ4v) is 4.18. The molecule has 1 unspecified atom stereocenters. The second-order valence-corrected chi connectivity index (χ2v) is 8.52. The summed E-state index contributed by atoms with van der Waals surface area (Å²) in [6.45, 7) is 4.29. The van der Waals surface area contributed by atoms with Gasteiger partial charge in [0.15, 0.2) is 17.4 Å². The monoisotopic (exact) mass is 465 g/mol. The van der Waals surface area contributed by atoms with Crippen LogP contribution in [0.25, 0.3) is 10.9 Å². The molecule has 2 aromatic rings. The van der Waals surface area contributed by atoms with Crippen molar-refractivity contribution in [2.45, 2.75) is 32.7 Å². The Bertz CT molecular complexity index is 1230. The van der Waals surface area contributed by atoms with E-state index in [-0.39, 0.29) is 31.2 Å². The Labute approximate surface area is 187 Å². The molecule has 5 N–H and O–H groups in total. The molecule has 1 aromatic heterocycles. The van der Waals surface area contributed by atoms with E-state index in [1.54, 1.807) is 6.92 Å². The van der Waals surface area contributed by atoms with Crippen LogP contribution in [0, 0.1) is 17.0 Å². The van der Waals surface area contributed by atoms with Crippen molar-refractivity contribution < 1.29 is 28.3 Å². The highest BCUT2D eigenvalue weighted by Crippen LogP contribution is 2.43. The van der Waals surface area contributed by atoms with Crippen LogP contribution >= 0.6 is 0 Å². The van der Waals surface area contributed by atoms with Gasteiger partial charge in [-0.2, -0.15) is 0 Å². The number of benzene rings is 1. The summed E-state index contributed by atoms with van der Waals surface area (Å²) in [5.41, 5.74) is 9.60. The number of pyridine rings is 1. The quantitative estimate of drug-likeness (QED) is 0.335. The number of hydrogen-bond acceptors (Lipinski definition) is 8. The third-order valence-corrected chi connectivity index (χ3v) is 6.12. The van der Waals surface area contributed by atoms with Crippen LogP contribution in [0.2, 0.25) is 0 Å². The van der Waals surface area contributed by atoms with Crippen LogP contribution in [-0.2, 0) is 4.84 Å². The third-order valence-electron chi connectivity index (χ3n) is 6.12. The summed E-state index contributed by atoms with van der Waals surface area (Å²) in [5, 5.41) is 12.6. The van der Waals surface area contributed by atoms with Crippen molar-refractivity contribution >= 4 is 34.1 Å². The lowest BCUT2D eigenvalue weighted by atomic mass is 9.88. The maximum Gasteiger partial charge on any atom is 0.511 e. The first-order valence-electron chi connectivity index (χ1n) is 10.5. The van der Waals surface area contributed by atoms with Gasteiger partial charge in [-0.05, 0) is 19.8 Å². The summed E-state index contributed by atoms with van der Waals surface area (Å²) in [6.07, 6.45) is 0.772. The second kappa shape index (κ2) is 8.18. The first kappa shape index (κ1) is 22.8. The molecule has 1 atom stereocenters. The lowest BCUT2D eigenvalue weighted by Gasteiger charge is -2.25. The van der Waals surface area contributed by atoms with Gasteiger partial charge >= 0.3 is 6.16 Å². The molecular formula is C21H25F2N5O5. The summed E-state index contributed by atoms with van der Waals surface area (Å²) in [4.78, 5) is 30.5. The highest BCUT2D eigenvalue weighted by atomic mass is 19.1. The number of hydrogen-bond donors (Lipinski definition) is 3. The van der Waals surface area contributed by atoms with Crippen LogP contribution in [-0.4, -0.2) is 47.8 Å². The van der Waals surface area contributed by atoms with Crippen molar-refractivity contribution in [1.82, 2.24) is 4.57 Å². The summed E-state index contributed by atoms with van der Waals surface area (Å²) in [7, 11) is 0. The number of rotatable bonds is 6. The Kier molecular flexibility index (Phi) is 5.64. The molecule has 1 aliphatic carbocycles. The van der Waals surface area contributed by atoms with E-state index in [0.717, 1.165) is 6.20 Å². The SMILES string of the molecule is CCO/N=C1\CN(c2c(F)c(N)c3c(=O)c(OC(=O)O)cn(C4CC4)c3c2F)CC1(C)CN. The molecule has 1 aliphatic heterocycles. The number of aromatic nitrogens is 1. The first-order valence-corrected chi connectivity index (χ1v) is 10.5. The van der Waals surface area contributed by atoms with E-state index >= 15 is 8.78 Å². The van der Waals surface area contributed by atoms with Gasteiger partial charge in [0, 0.05) is 24.5 Å². The van der Waals surface area contributed by atoms with E-state index in [9.17, 15) is 9.59 Å². The molecule has 0 amide bonds. The highest BCUT2D eigenvalue weighted by molar-refractivity contribution is 6.00. The lowest BCUT2D eigenvalue weighted by molar-refractivity contribution is 0.143. The van der Waals surface area contributed by atoms with E-state index in [2.05, 4.69) is 9.89 Å². The largest absolute Gasteiger partial charge is 0.511 e. The van der Waals surface area contributed by atoms with Gasteiger partial charge in [0.1, 0.15) is 12.3 Å². The minimum Gasteiger partial charge on any atom is -0.449 e. The second-order valence-electron chi connectivity index (χ2n) is 8.52. The molecule has 10 nitrogen and oxygen atoms in total. The van der Waals surface area contributed by atoms with Crippen LogP contribution < -0.4 is 26.5 Å².